The summed E-state index contributed by atoms with van der Waals surface area (Å²) in [7, 11) is 6.42. The largest absolute Gasteiger partial charge is 1.00 e. The molecule has 0 bridgehead atoms. The summed E-state index contributed by atoms with van der Waals surface area (Å²) in [6.07, 6.45) is 2.51. The molecule has 1 aromatic carbocycles. The summed E-state index contributed by atoms with van der Waals surface area (Å²) >= 11 is 0. The number of fused-ring (bicyclic) bond motifs is 2. The lowest BCUT2D eigenvalue weighted by molar-refractivity contribution is -0.870. The Bertz CT molecular complexity index is 860. The molecule has 124 valence electrons. The SMILES string of the molecule is C[N+](C)(C)CCCOc1c2occc2cc2ccc(=O)oc12.[Br-]. The summed E-state index contributed by atoms with van der Waals surface area (Å²) in [5.41, 5.74) is 0.668. The fourth-order valence-electron chi connectivity index (χ4n) is 2.45. The number of quaternary nitrogens is 1. The van der Waals surface area contributed by atoms with Gasteiger partial charge >= 0.3 is 5.63 Å². The zero-order valence-corrected chi connectivity index (χ0v) is 15.1. The second-order valence-corrected chi connectivity index (χ2v) is 6.43. The Kier molecular flexibility index (Phi) is 5.16. The molecule has 3 rings (SSSR count). The van der Waals surface area contributed by atoms with E-state index in [0.29, 0.717) is 23.5 Å². The van der Waals surface area contributed by atoms with Crippen LogP contribution in [-0.2, 0) is 0 Å². The van der Waals surface area contributed by atoms with Crippen molar-refractivity contribution in [2.75, 3.05) is 34.3 Å². The highest BCUT2D eigenvalue weighted by Crippen LogP contribution is 2.34. The van der Waals surface area contributed by atoms with Gasteiger partial charge in [0.05, 0.1) is 40.6 Å². The van der Waals surface area contributed by atoms with Crippen molar-refractivity contribution in [1.82, 2.24) is 0 Å². The molecule has 0 aliphatic heterocycles. The summed E-state index contributed by atoms with van der Waals surface area (Å²) in [4.78, 5) is 11.5. The third-order valence-electron chi connectivity index (χ3n) is 3.50. The van der Waals surface area contributed by atoms with Gasteiger partial charge in [-0.25, -0.2) is 4.79 Å². The maximum absolute atomic E-state index is 11.5. The van der Waals surface area contributed by atoms with Crippen LogP contribution < -0.4 is 27.3 Å². The van der Waals surface area contributed by atoms with E-state index in [9.17, 15) is 4.79 Å². The van der Waals surface area contributed by atoms with E-state index in [0.717, 1.165) is 28.2 Å². The first-order valence-corrected chi connectivity index (χ1v) is 7.31. The van der Waals surface area contributed by atoms with E-state index in [2.05, 4.69) is 21.1 Å². The van der Waals surface area contributed by atoms with Crippen molar-refractivity contribution in [2.24, 2.45) is 0 Å². The Morgan fingerprint density at radius 3 is 2.57 bits per heavy atom. The molecule has 2 aromatic heterocycles. The van der Waals surface area contributed by atoms with Gasteiger partial charge in [-0.05, 0) is 18.2 Å². The number of benzene rings is 1. The van der Waals surface area contributed by atoms with Crippen LogP contribution in [0.3, 0.4) is 0 Å². The number of hydrogen-bond acceptors (Lipinski definition) is 4. The first kappa shape index (κ1) is 17.6. The summed E-state index contributed by atoms with van der Waals surface area (Å²) < 4.78 is 17.6. The molecule has 0 saturated carbocycles. The number of halogens is 1. The third kappa shape index (κ3) is 3.95. The fourth-order valence-corrected chi connectivity index (χ4v) is 2.45. The predicted octanol–water partition coefficient (Wildman–Crippen LogP) is 0.0183. The summed E-state index contributed by atoms with van der Waals surface area (Å²) in [5, 5.41) is 1.76. The summed E-state index contributed by atoms with van der Waals surface area (Å²) in [5.74, 6) is 0.511. The van der Waals surface area contributed by atoms with Gasteiger partial charge in [-0.2, -0.15) is 0 Å². The Labute approximate surface area is 144 Å². The first-order chi connectivity index (χ1) is 10.4. The van der Waals surface area contributed by atoms with E-state index >= 15 is 0 Å². The van der Waals surface area contributed by atoms with Gasteiger partial charge in [0.1, 0.15) is 0 Å². The van der Waals surface area contributed by atoms with Crippen LogP contribution in [0.2, 0.25) is 0 Å². The topological polar surface area (TPSA) is 52.6 Å². The molecule has 0 radical (unpaired) electrons. The normalized spacial score (nSPS) is 11.6. The standard InChI is InChI=1S/C17H20NO4.BrH/c1-18(2,3)8-4-9-20-17-15-13(7-10-21-15)11-12-5-6-14(19)22-16(12)17;/h5-7,10-11H,4,8-9H2,1-3H3;1H/q+1;/p-1. The lowest BCUT2D eigenvalue weighted by atomic mass is 10.1. The summed E-state index contributed by atoms with van der Waals surface area (Å²) in [6.45, 7) is 1.54. The number of ether oxygens (including phenoxy) is 1. The Morgan fingerprint density at radius 1 is 1.09 bits per heavy atom. The average Bonchev–Trinajstić information content (AvgIpc) is 2.89. The molecule has 0 aliphatic carbocycles. The second-order valence-electron chi connectivity index (χ2n) is 6.43. The second kappa shape index (κ2) is 6.76. The quantitative estimate of drug-likeness (QED) is 0.355. The molecule has 0 N–H and O–H groups in total. The smallest absolute Gasteiger partial charge is 0.336 e. The minimum atomic E-state index is -0.394. The highest BCUT2D eigenvalue weighted by atomic mass is 79.9. The molecule has 0 unspecified atom stereocenters. The van der Waals surface area contributed by atoms with Crippen LogP contribution in [0.4, 0.5) is 0 Å². The zero-order valence-electron chi connectivity index (χ0n) is 13.5. The molecule has 0 spiro atoms. The van der Waals surface area contributed by atoms with E-state index in [1.54, 1.807) is 12.3 Å². The van der Waals surface area contributed by atoms with Crippen LogP contribution in [0.15, 0.2) is 44.2 Å². The van der Waals surface area contributed by atoms with Crippen LogP contribution in [0.5, 0.6) is 5.75 Å². The summed E-state index contributed by atoms with van der Waals surface area (Å²) in [6, 6.07) is 6.95. The van der Waals surface area contributed by atoms with Gasteiger partial charge in [0.2, 0.25) is 5.75 Å². The predicted molar refractivity (Wildman–Crippen MR) is 85.3 cm³/mol. The van der Waals surface area contributed by atoms with E-state index < -0.39 is 5.63 Å². The van der Waals surface area contributed by atoms with Gasteiger partial charge < -0.3 is 35.0 Å². The number of rotatable bonds is 5. The van der Waals surface area contributed by atoms with E-state index in [4.69, 9.17) is 13.6 Å². The molecule has 5 nitrogen and oxygen atoms in total. The fraction of sp³-hybridized carbons (Fsp3) is 0.353. The van der Waals surface area contributed by atoms with Crippen LogP contribution in [0, 0.1) is 0 Å². The maximum atomic E-state index is 11.5. The van der Waals surface area contributed by atoms with Gasteiger partial charge in [0.25, 0.3) is 0 Å². The van der Waals surface area contributed by atoms with Gasteiger partial charge in [-0.15, -0.1) is 0 Å². The highest BCUT2D eigenvalue weighted by Gasteiger charge is 2.15. The Hall–Kier alpha value is -1.79. The maximum Gasteiger partial charge on any atom is 0.336 e. The van der Waals surface area contributed by atoms with Gasteiger partial charge in [0.15, 0.2) is 11.2 Å². The lowest BCUT2D eigenvalue weighted by Crippen LogP contribution is -3.00. The molecule has 23 heavy (non-hydrogen) atoms. The molecular weight excluding hydrogens is 362 g/mol. The molecule has 0 fully saturated rings. The first-order valence-electron chi connectivity index (χ1n) is 7.31. The van der Waals surface area contributed by atoms with Crippen molar-refractivity contribution in [3.63, 3.8) is 0 Å². The van der Waals surface area contributed by atoms with Crippen LogP contribution in [0.25, 0.3) is 21.9 Å². The molecule has 6 heteroatoms. The molecular formula is C17H20BrNO4. The molecule has 3 aromatic rings. The van der Waals surface area contributed by atoms with Crippen molar-refractivity contribution in [1.29, 1.82) is 0 Å². The van der Waals surface area contributed by atoms with Gasteiger partial charge in [-0.1, -0.05) is 0 Å². The van der Waals surface area contributed by atoms with Gasteiger partial charge in [-0.3, -0.25) is 0 Å². The monoisotopic (exact) mass is 381 g/mol. The molecule has 2 heterocycles. The molecule has 0 saturated heterocycles. The number of nitrogens with zero attached hydrogens (tertiary/aromatic N) is 1. The third-order valence-corrected chi connectivity index (χ3v) is 3.50. The minimum Gasteiger partial charge on any atom is -1.00 e. The van der Waals surface area contributed by atoms with Crippen molar-refractivity contribution < 1.29 is 35.0 Å². The van der Waals surface area contributed by atoms with Crippen molar-refractivity contribution >= 4 is 21.9 Å². The van der Waals surface area contributed by atoms with Crippen molar-refractivity contribution in [3.8, 4) is 5.75 Å². The minimum absolute atomic E-state index is 0. The van der Waals surface area contributed by atoms with Crippen LogP contribution in [0.1, 0.15) is 6.42 Å². The van der Waals surface area contributed by atoms with E-state index in [1.165, 1.54) is 6.07 Å². The van der Waals surface area contributed by atoms with E-state index in [1.807, 2.05) is 12.1 Å². The molecule has 0 aliphatic rings. The highest BCUT2D eigenvalue weighted by molar-refractivity contribution is 5.99. The zero-order chi connectivity index (χ0) is 15.7. The number of furan rings is 1. The molecule has 0 atom stereocenters. The van der Waals surface area contributed by atoms with Crippen LogP contribution in [-0.4, -0.2) is 38.8 Å². The van der Waals surface area contributed by atoms with Crippen molar-refractivity contribution in [2.45, 2.75) is 6.42 Å². The van der Waals surface area contributed by atoms with Gasteiger partial charge in [0, 0.05) is 23.3 Å². The van der Waals surface area contributed by atoms with E-state index in [-0.39, 0.29) is 17.0 Å². The Balaban J connectivity index is 0.00000192. The number of hydrogen-bond donors (Lipinski definition) is 0. The average molecular weight is 382 g/mol. The molecule has 0 amide bonds. The van der Waals surface area contributed by atoms with Crippen molar-refractivity contribution in [3.05, 3.63) is 40.9 Å². The lowest BCUT2D eigenvalue weighted by Gasteiger charge is -2.23. The Morgan fingerprint density at radius 2 is 1.83 bits per heavy atom. The van der Waals surface area contributed by atoms with Crippen LogP contribution >= 0.6 is 0 Å².